The van der Waals surface area contributed by atoms with E-state index in [1.54, 1.807) is 11.9 Å². The Bertz CT molecular complexity index is 469. The molecule has 0 aliphatic carbocycles. The number of aliphatic hydroxyl groups is 1. The van der Waals surface area contributed by atoms with E-state index in [-0.39, 0.29) is 18.4 Å². The first-order valence-corrected chi connectivity index (χ1v) is 5.99. The fourth-order valence-electron chi connectivity index (χ4n) is 1.69. The van der Waals surface area contributed by atoms with Crippen molar-refractivity contribution in [3.8, 4) is 11.8 Å². The molecule has 0 heterocycles. The first kappa shape index (κ1) is 14.3. The van der Waals surface area contributed by atoms with Gasteiger partial charge in [0.2, 0.25) is 5.91 Å². The second-order valence-electron chi connectivity index (χ2n) is 4.47. The molecule has 1 amide bonds. The van der Waals surface area contributed by atoms with Crippen molar-refractivity contribution < 1.29 is 9.90 Å². The van der Waals surface area contributed by atoms with E-state index in [2.05, 4.69) is 11.8 Å². The third-order valence-corrected chi connectivity index (χ3v) is 2.60. The van der Waals surface area contributed by atoms with Gasteiger partial charge in [0.25, 0.3) is 0 Å². The summed E-state index contributed by atoms with van der Waals surface area (Å²) in [6, 6.07) is 7.67. The van der Waals surface area contributed by atoms with Crippen molar-refractivity contribution in [3.63, 3.8) is 0 Å². The first-order chi connectivity index (χ1) is 8.56. The van der Waals surface area contributed by atoms with Crippen molar-refractivity contribution in [1.82, 2.24) is 4.90 Å². The molecule has 0 aromatic heterocycles. The van der Waals surface area contributed by atoms with Crippen LogP contribution in [0.5, 0.6) is 0 Å². The SMILES string of the molecule is CC(C)C(=O)N(C)Cc1ccccc1C#CCO. The average molecular weight is 245 g/mol. The van der Waals surface area contributed by atoms with Crippen LogP contribution >= 0.6 is 0 Å². The maximum absolute atomic E-state index is 11.8. The van der Waals surface area contributed by atoms with Gasteiger partial charge in [0, 0.05) is 25.1 Å². The smallest absolute Gasteiger partial charge is 0.225 e. The normalized spacial score (nSPS) is 9.83. The van der Waals surface area contributed by atoms with E-state index >= 15 is 0 Å². The summed E-state index contributed by atoms with van der Waals surface area (Å²) in [6.45, 7) is 4.15. The molecule has 0 radical (unpaired) electrons. The number of hydrogen-bond acceptors (Lipinski definition) is 2. The molecule has 0 unspecified atom stereocenters. The summed E-state index contributed by atoms with van der Waals surface area (Å²) in [6.07, 6.45) is 0. The highest BCUT2D eigenvalue weighted by molar-refractivity contribution is 5.77. The van der Waals surface area contributed by atoms with Crippen LogP contribution in [-0.4, -0.2) is 29.6 Å². The van der Waals surface area contributed by atoms with E-state index in [0.717, 1.165) is 11.1 Å². The molecular formula is C15H19NO2. The van der Waals surface area contributed by atoms with E-state index in [1.165, 1.54) is 0 Å². The van der Waals surface area contributed by atoms with Gasteiger partial charge in [0.05, 0.1) is 0 Å². The van der Waals surface area contributed by atoms with E-state index < -0.39 is 0 Å². The monoisotopic (exact) mass is 245 g/mol. The van der Waals surface area contributed by atoms with Gasteiger partial charge in [0.15, 0.2) is 0 Å². The van der Waals surface area contributed by atoms with Crippen LogP contribution in [0.1, 0.15) is 25.0 Å². The molecule has 3 nitrogen and oxygen atoms in total. The van der Waals surface area contributed by atoms with Gasteiger partial charge < -0.3 is 10.0 Å². The minimum absolute atomic E-state index is 0.00862. The number of nitrogens with zero attached hydrogens (tertiary/aromatic N) is 1. The van der Waals surface area contributed by atoms with E-state index in [4.69, 9.17) is 5.11 Å². The topological polar surface area (TPSA) is 40.5 Å². The Morgan fingerprint density at radius 3 is 2.67 bits per heavy atom. The summed E-state index contributed by atoms with van der Waals surface area (Å²) in [5, 5.41) is 8.72. The van der Waals surface area contributed by atoms with Gasteiger partial charge >= 0.3 is 0 Å². The molecule has 0 aliphatic heterocycles. The summed E-state index contributed by atoms with van der Waals surface area (Å²) >= 11 is 0. The van der Waals surface area contributed by atoms with Crippen LogP contribution in [0.2, 0.25) is 0 Å². The Kier molecular flexibility index (Phi) is 5.41. The molecule has 0 bridgehead atoms. The molecular weight excluding hydrogens is 226 g/mol. The molecule has 1 rings (SSSR count). The maximum Gasteiger partial charge on any atom is 0.225 e. The largest absolute Gasteiger partial charge is 0.384 e. The van der Waals surface area contributed by atoms with Crippen LogP contribution in [0.25, 0.3) is 0 Å². The molecule has 0 fully saturated rings. The Morgan fingerprint density at radius 1 is 1.39 bits per heavy atom. The average Bonchev–Trinajstić information content (AvgIpc) is 2.36. The van der Waals surface area contributed by atoms with Crippen LogP contribution in [-0.2, 0) is 11.3 Å². The van der Waals surface area contributed by atoms with Crippen molar-refractivity contribution in [2.45, 2.75) is 20.4 Å². The number of rotatable bonds is 3. The van der Waals surface area contributed by atoms with Crippen molar-refractivity contribution in [3.05, 3.63) is 35.4 Å². The van der Waals surface area contributed by atoms with Gasteiger partial charge in [-0.3, -0.25) is 4.79 Å². The zero-order chi connectivity index (χ0) is 13.5. The molecule has 0 aliphatic rings. The second kappa shape index (κ2) is 6.83. The molecule has 3 heteroatoms. The quantitative estimate of drug-likeness (QED) is 0.822. The first-order valence-electron chi connectivity index (χ1n) is 5.99. The minimum Gasteiger partial charge on any atom is -0.384 e. The lowest BCUT2D eigenvalue weighted by molar-refractivity contribution is -0.133. The highest BCUT2D eigenvalue weighted by Crippen LogP contribution is 2.11. The summed E-state index contributed by atoms with van der Waals surface area (Å²) < 4.78 is 0. The van der Waals surface area contributed by atoms with Crippen molar-refractivity contribution in [2.24, 2.45) is 5.92 Å². The van der Waals surface area contributed by atoms with Crippen molar-refractivity contribution >= 4 is 5.91 Å². The van der Waals surface area contributed by atoms with Gasteiger partial charge in [-0.15, -0.1) is 0 Å². The van der Waals surface area contributed by atoms with Crippen LogP contribution in [0, 0.1) is 17.8 Å². The number of carbonyl (C=O) groups is 1. The lowest BCUT2D eigenvalue weighted by atomic mass is 10.1. The maximum atomic E-state index is 11.8. The highest BCUT2D eigenvalue weighted by atomic mass is 16.2. The predicted octanol–water partition coefficient (Wildman–Crippen LogP) is 1.64. The zero-order valence-electron chi connectivity index (χ0n) is 11.1. The third-order valence-electron chi connectivity index (χ3n) is 2.60. The molecule has 0 atom stereocenters. The minimum atomic E-state index is -0.158. The van der Waals surface area contributed by atoms with Crippen LogP contribution in [0.3, 0.4) is 0 Å². The molecule has 1 aromatic rings. The highest BCUT2D eigenvalue weighted by Gasteiger charge is 2.13. The number of amides is 1. The molecule has 18 heavy (non-hydrogen) atoms. The lowest BCUT2D eigenvalue weighted by Crippen LogP contribution is -2.30. The summed E-state index contributed by atoms with van der Waals surface area (Å²) in [5.41, 5.74) is 1.85. The summed E-state index contributed by atoms with van der Waals surface area (Å²) in [5.74, 6) is 5.63. The fourth-order valence-corrected chi connectivity index (χ4v) is 1.69. The van der Waals surface area contributed by atoms with Gasteiger partial charge in [-0.25, -0.2) is 0 Å². The molecule has 0 saturated carbocycles. The summed E-state index contributed by atoms with van der Waals surface area (Å²) in [4.78, 5) is 13.5. The molecule has 0 spiro atoms. The van der Waals surface area contributed by atoms with E-state index in [1.807, 2.05) is 38.1 Å². The third kappa shape index (κ3) is 3.90. The van der Waals surface area contributed by atoms with Crippen molar-refractivity contribution in [2.75, 3.05) is 13.7 Å². The van der Waals surface area contributed by atoms with Crippen LogP contribution in [0.15, 0.2) is 24.3 Å². The van der Waals surface area contributed by atoms with Gasteiger partial charge in [-0.05, 0) is 11.6 Å². The number of hydrogen-bond donors (Lipinski definition) is 1. The lowest BCUT2D eigenvalue weighted by Gasteiger charge is -2.20. The molecule has 96 valence electrons. The van der Waals surface area contributed by atoms with Gasteiger partial charge in [-0.2, -0.15) is 0 Å². The van der Waals surface area contributed by atoms with Crippen LogP contribution < -0.4 is 0 Å². The Hall–Kier alpha value is -1.79. The van der Waals surface area contributed by atoms with E-state index in [9.17, 15) is 4.79 Å². The Morgan fingerprint density at radius 2 is 2.06 bits per heavy atom. The predicted molar refractivity (Wildman–Crippen MR) is 71.7 cm³/mol. The number of benzene rings is 1. The fraction of sp³-hybridized carbons (Fsp3) is 0.400. The van der Waals surface area contributed by atoms with Crippen molar-refractivity contribution in [1.29, 1.82) is 0 Å². The Labute approximate surface area is 108 Å². The van der Waals surface area contributed by atoms with Gasteiger partial charge in [0.1, 0.15) is 6.61 Å². The Balaban J connectivity index is 2.87. The molecule has 1 aromatic carbocycles. The molecule has 1 N–H and O–H groups in total. The number of carbonyl (C=O) groups excluding carboxylic acids is 1. The van der Waals surface area contributed by atoms with Crippen LogP contribution in [0.4, 0.5) is 0 Å². The number of aliphatic hydroxyl groups excluding tert-OH is 1. The summed E-state index contributed by atoms with van der Waals surface area (Å²) in [7, 11) is 1.79. The molecule has 0 saturated heterocycles. The standard InChI is InChI=1S/C15H19NO2/c1-12(2)15(18)16(3)11-14-8-5-4-7-13(14)9-6-10-17/h4-5,7-8,12,17H,10-11H2,1-3H3. The second-order valence-corrected chi connectivity index (χ2v) is 4.47. The van der Waals surface area contributed by atoms with Gasteiger partial charge in [-0.1, -0.05) is 43.9 Å². The zero-order valence-corrected chi connectivity index (χ0v) is 11.1. The van der Waals surface area contributed by atoms with E-state index in [0.29, 0.717) is 6.54 Å².